The zero-order chi connectivity index (χ0) is 22.0. The maximum absolute atomic E-state index is 13.1. The second-order valence-electron chi connectivity index (χ2n) is 8.08. The number of hydrogen-bond donors (Lipinski definition) is 1. The number of carbonyl (C=O) groups excluding carboxylic acids is 1. The third-order valence-electron chi connectivity index (χ3n) is 5.62. The van der Waals surface area contributed by atoms with Crippen molar-refractivity contribution >= 4 is 5.91 Å². The molecule has 2 aromatic carbocycles. The summed E-state index contributed by atoms with van der Waals surface area (Å²) in [5.41, 5.74) is 4.55. The van der Waals surface area contributed by atoms with E-state index in [9.17, 15) is 9.90 Å². The smallest absolute Gasteiger partial charge is 0.254 e. The second kappa shape index (κ2) is 8.76. The molecule has 1 aliphatic heterocycles. The molecule has 0 unspecified atom stereocenters. The van der Waals surface area contributed by atoms with Crippen LogP contribution in [-0.4, -0.2) is 46.1 Å². The number of phenols is 1. The number of aromatic nitrogens is 2. The lowest BCUT2D eigenvalue weighted by Crippen LogP contribution is -2.33. The summed E-state index contributed by atoms with van der Waals surface area (Å²) in [5, 5.41) is 9.69. The standard InChI is InChI=1S/C25H27N3O3/c1-16(2)24-26-22-12-14-28(25(30)18-5-4-6-20(15-18)31-3)13-11-21(22)23(27-24)17-7-9-19(29)10-8-17/h4-10,15-16,29H,11-14H2,1-3H3. The van der Waals surface area contributed by atoms with E-state index in [1.54, 1.807) is 25.3 Å². The highest BCUT2D eigenvalue weighted by molar-refractivity contribution is 5.94. The Bertz CT molecular complexity index is 1090. The minimum absolute atomic E-state index is 0.00469. The van der Waals surface area contributed by atoms with Crippen molar-refractivity contribution in [2.24, 2.45) is 0 Å². The maximum atomic E-state index is 13.1. The number of carbonyl (C=O) groups is 1. The van der Waals surface area contributed by atoms with Gasteiger partial charge in [-0.15, -0.1) is 0 Å². The number of benzene rings is 2. The molecule has 0 saturated carbocycles. The number of ether oxygens (including phenoxy) is 1. The Balaban J connectivity index is 1.67. The van der Waals surface area contributed by atoms with E-state index in [2.05, 4.69) is 13.8 Å². The van der Waals surface area contributed by atoms with Gasteiger partial charge >= 0.3 is 0 Å². The Hall–Kier alpha value is -3.41. The van der Waals surface area contributed by atoms with Crippen molar-refractivity contribution in [1.29, 1.82) is 0 Å². The molecular formula is C25H27N3O3. The van der Waals surface area contributed by atoms with Crippen LogP contribution in [0, 0.1) is 0 Å². The molecule has 0 bridgehead atoms. The molecule has 4 rings (SSSR count). The quantitative estimate of drug-likeness (QED) is 0.688. The Kier molecular flexibility index (Phi) is 5.89. The lowest BCUT2D eigenvalue weighted by molar-refractivity contribution is 0.0762. The van der Waals surface area contributed by atoms with E-state index in [0.717, 1.165) is 28.3 Å². The molecular weight excluding hydrogens is 390 g/mol. The number of phenolic OH excluding ortho intramolecular Hbond substituents is 1. The van der Waals surface area contributed by atoms with Gasteiger partial charge in [0.2, 0.25) is 0 Å². The van der Waals surface area contributed by atoms with Crippen LogP contribution in [-0.2, 0) is 12.8 Å². The minimum Gasteiger partial charge on any atom is -0.508 e. The van der Waals surface area contributed by atoms with E-state index < -0.39 is 0 Å². The number of fused-ring (bicyclic) bond motifs is 1. The average Bonchev–Trinajstić information content (AvgIpc) is 3.01. The van der Waals surface area contributed by atoms with Crippen LogP contribution in [0.15, 0.2) is 48.5 Å². The molecule has 160 valence electrons. The third-order valence-corrected chi connectivity index (χ3v) is 5.62. The van der Waals surface area contributed by atoms with Crippen molar-refractivity contribution in [3.63, 3.8) is 0 Å². The number of rotatable bonds is 4. The molecule has 1 aromatic heterocycles. The summed E-state index contributed by atoms with van der Waals surface area (Å²) >= 11 is 0. The summed E-state index contributed by atoms with van der Waals surface area (Å²) in [7, 11) is 1.60. The number of methoxy groups -OCH3 is 1. The van der Waals surface area contributed by atoms with Gasteiger partial charge in [-0.3, -0.25) is 4.79 Å². The first-order valence-corrected chi connectivity index (χ1v) is 10.6. The van der Waals surface area contributed by atoms with Gasteiger partial charge in [0.15, 0.2) is 0 Å². The molecule has 0 atom stereocenters. The molecule has 6 nitrogen and oxygen atoms in total. The number of aromatic hydroxyl groups is 1. The Morgan fingerprint density at radius 3 is 2.52 bits per heavy atom. The zero-order valence-corrected chi connectivity index (χ0v) is 18.1. The predicted octanol–water partition coefficient (Wildman–Crippen LogP) is 4.22. The van der Waals surface area contributed by atoms with Crippen LogP contribution in [0.2, 0.25) is 0 Å². The van der Waals surface area contributed by atoms with Gasteiger partial charge in [-0.1, -0.05) is 19.9 Å². The minimum atomic E-state index is -0.00469. The van der Waals surface area contributed by atoms with Crippen LogP contribution >= 0.6 is 0 Å². The molecule has 1 amide bonds. The van der Waals surface area contributed by atoms with Gasteiger partial charge in [-0.25, -0.2) is 9.97 Å². The summed E-state index contributed by atoms with van der Waals surface area (Å²) < 4.78 is 5.27. The van der Waals surface area contributed by atoms with Crippen molar-refractivity contribution < 1.29 is 14.6 Å². The van der Waals surface area contributed by atoms with E-state index in [0.29, 0.717) is 37.2 Å². The molecule has 0 spiro atoms. The fourth-order valence-electron chi connectivity index (χ4n) is 3.88. The molecule has 0 saturated heterocycles. The monoisotopic (exact) mass is 417 g/mol. The molecule has 3 aromatic rings. The molecule has 1 aliphatic rings. The Morgan fingerprint density at radius 1 is 1.06 bits per heavy atom. The lowest BCUT2D eigenvalue weighted by Gasteiger charge is -2.20. The van der Waals surface area contributed by atoms with E-state index in [4.69, 9.17) is 14.7 Å². The molecule has 0 aliphatic carbocycles. The van der Waals surface area contributed by atoms with E-state index in [-0.39, 0.29) is 17.6 Å². The van der Waals surface area contributed by atoms with E-state index in [1.807, 2.05) is 35.2 Å². The van der Waals surface area contributed by atoms with Crippen LogP contribution in [0.25, 0.3) is 11.3 Å². The maximum Gasteiger partial charge on any atom is 0.254 e. The largest absolute Gasteiger partial charge is 0.508 e. The van der Waals surface area contributed by atoms with E-state index >= 15 is 0 Å². The molecule has 2 heterocycles. The van der Waals surface area contributed by atoms with Crippen molar-refractivity contribution in [2.45, 2.75) is 32.6 Å². The summed E-state index contributed by atoms with van der Waals surface area (Å²) in [5.74, 6) is 1.89. The average molecular weight is 418 g/mol. The third kappa shape index (κ3) is 4.38. The highest BCUT2D eigenvalue weighted by Crippen LogP contribution is 2.30. The summed E-state index contributed by atoms with van der Waals surface area (Å²) in [6.07, 6.45) is 1.36. The first kappa shape index (κ1) is 20.8. The summed E-state index contributed by atoms with van der Waals surface area (Å²) in [4.78, 5) is 24.7. The van der Waals surface area contributed by atoms with Gasteiger partial charge < -0.3 is 14.7 Å². The fraction of sp³-hybridized carbons (Fsp3) is 0.320. The molecule has 1 N–H and O–H groups in total. The molecule has 6 heteroatoms. The molecule has 0 radical (unpaired) electrons. The topological polar surface area (TPSA) is 75.5 Å². The predicted molar refractivity (Wildman–Crippen MR) is 120 cm³/mol. The van der Waals surface area contributed by atoms with Crippen LogP contribution in [0.4, 0.5) is 0 Å². The number of hydrogen-bond acceptors (Lipinski definition) is 5. The van der Waals surface area contributed by atoms with Crippen molar-refractivity contribution in [3.05, 3.63) is 71.2 Å². The SMILES string of the molecule is COc1cccc(C(=O)N2CCc3nc(C(C)C)nc(-c4ccc(O)cc4)c3CC2)c1. The van der Waals surface area contributed by atoms with Gasteiger partial charge in [-0.05, 0) is 48.9 Å². The van der Waals surface area contributed by atoms with Crippen LogP contribution in [0.1, 0.15) is 47.2 Å². The number of amides is 1. The highest BCUT2D eigenvalue weighted by Gasteiger charge is 2.24. The van der Waals surface area contributed by atoms with Crippen LogP contribution < -0.4 is 4.74 Å². The number of nitrogens with zero attached hydrogens (tertiary/aromatic N) is 3. The van der Waals surface area contributed by atoms with Gasteiger partial charge in [-0.2, -0.15) is 0 Å². The second-order valence-corrected chi connectivity index (χ2v) is 8.08. The Labute approximate surface area is 182 Å². The van der Waals surface area contributed by atoms with Gasteiger partial charge in [0.25, 0.3) is 5.91 Å². The van der Waals surface area contributed by atoms with Crippen molar-refractivity contribution in [1.82, 2.24) is 14.9 Å². The normalized spacial score (nSPS) is 13.6. The van der Waals surface area contributed by atoms with Gasteiger partial charge in [0.1, 0.15) is 17.3 Å². The van der Waals surface area contributed by atoms with Crippen molar-refractivity contribution in [3.8, 4) is 22.8 Å². The van der Waals surface area contributed by atoms with Gasteiger partial charge in [0, 0.05) is 47.8 Å². The van der Waals surface area contributed by atoms with Gasteiger partial charge in [0.05, 0.1) is 12.8 Å². The van der Waals surface area contributed by atoms with E-state index in [1.165, 1.54) is 0 Å². The van der Waals surface area contributed by atoms with Crippen molar-refractivity contribution in [2.75, 3.05) is 20.2 Å². The highest BCUT2D eigenvalue weighted by atomic mass is 16.5. The van der Waals surface area contributed by atoms with Crippen LogP contribution in [0.3, 0.4) is 0 Å². The zero-order valence-electron chi connectivity index (χ0n) is 18.1. The molecule has 31 heavy (non-hydrogen) atoms. The lowest BCUT2D eigenvalue weighted by atomic mass is 10.00. The first-order valence-electron chi connectivity index (χ1n) is 10.6. The summed E-state index contributed by atoms with van der Waals surface area (Å²) in [6.45, 7) is 5.36. The van der Waals surface area contributed by atoms with Crippen LogP contribution in [0.5, 0.6) is 11.5 Å². The fourth-order valence-corrected chi connectivity index (χ4v) is 3.88. The molecule has 0 fully saturated rings. The first-order chi connectivity index (χ1) is 15.0. The summed E-state index contributed by atoms with van der Waals surface area (Å²) in [6, 6.07) is 14.4. The Morgan fingerprint density at radius 2 is 1.81 bits per heavy atom.